The lowest BCUT2D eigenvalue weighted by Gasteiger charge is -2.11. The van der Waals surface area contributed by atoms with Gasteiger partial charge in [-0.15, -0.1) is 10.2 Å². The summed E-state index contributed by atoms with van der Waals surface area (Å²) in [6.07, 6.45) is 0.967. The third kappa shape index (κ3) is 4.08. The number of halogens is 2. The zero-order chi connectivity index (χ0) is 16.1. The van der Waals surface area contributed by atoms with Gasteiger partial charge < -0.3 is 10.6 Å². The van der Waals surface area contributed by atoms with Crippen molar-refractivity contribution in [3.63, 3.8) is 0 Å². The smallest absolute Gasteiger partial charge is 0.276 e. The van der Waals surface area contributed by atoms with E-state index in [4.69, 9.17) is 23.2 Å². The zero-order valence-corrected chi connectivity index (χ0v) is 13.7. The van der Waals surface area contributed by atoms with E-state index < -0.39 is 5.91 Å². The molecule has 22 heavy (non-hydrogen) atoms. The molecule has 1 aromatic heterocycles. The highest BCUT2D eigenvalue weighted by atomic mass is 35.5. The van der Waals surface area contributed by atoms with Crippen LogP contribution in [0.5, 0.6) is 0 Å². The summed E-state index contributed by atoms with van der Waals surface area (Å²) >= 11 is 12.0. The van der Waals surface area contributed by atoms with Crippen molar-refractivity contribution in [1.29, 1.82) is 0 Å². The van der Waals surface area contributed by atoms with Gasteiger partial charge in [0, 0.05) is 6.04 Å². The summed E-state index contributed by atoms with van der Waals surface area (Å²) in [6.45, 7) is 4.11. The van der Waals surface area contributed by atoms with Crippen molar-refractivity contribution in [2.45, 2.75) is 26.3 Å². The summed E-state index contributed by atoms with van der Waals surface area (Å²) in [5.41, 5.74) is 0.546. The van der Waals surface area contributed by atoms with E-state index in [2.05, 4.69) is 27.8 Å². The van der Waals surface area contributed by atoms with E-state index in [1.54, 1.807) is 30.3 Å². The van der Waals surface area contributed by atoms with Crippen LogP contribution in [0.4, 0.5) is 11.5 Å². The average Bonchev–Trinajstić information content (AvgIpc) is 2.51. The lowest BCUT2D eigenvalue weighted by Crippen LogP contribution is -2.17. The topological polar surface area (TPSA) is 66.9 Å². The fourth-order valence-corrected chi connectivity index (χ4v) is 2.17. The summed E-state index contributed by atoms with van der Waals surface area (Å²) < 4.78 is 0. The van der Waals surface area contributed by atoms with Gasteiger partial charge in [-0.1, -0.05) is 36.2 Å². The van der Waals surface area contributed by atoms with Crippen LogP contribution >= 0.6 is 23.2 Å². The molecule has 2 rings (SSSR count). The van der Waals surface area contributed by atoms with E-state index in [1.165, 1.54) is 0 Å². The third-order valence-corrected chi connectivity index (χ3v) is 3.74. The maximum absolute atomic E-state index is 12.2. The first-order valence-electron chi connectivity index (χ1n) is 6.87. The number of para-hydroxylation sites is 1. The molecule has 0 spiro atoms. The van der Waals surface area contributed by atoms with Crippen LogP contribution in [0.1, 0.15) is 30.8 Å². The van der Waals surface area contributed by atoms with Crippen LogP contribution in [0, 0.1) is 0 Å². The van der Waals surface area contributed by atoms with E-state index in [9.17, 15) is 4.79 Å². The number of benzene rings is 1. The first-order valence-corrected chi connectivity index (χ1v) is 7.62. The monoisotopic (exact) mass is 338 g/mol. The van der Waals surface area contributed by atoms with Gasteiger partial charge in [0.15, 0.2) is 5.69 Å². The first-order chi connectivity index (χ1) is 10.5. The Kier molecular flexibility index (Phi) is 5.57. The van der Waals surface area contributed by atoms with Crippen molar-refractivity contribution in [3.8, 4) is 0 Å². The molecule has 0 saturated carbocycles. The summed E-state index contributed by atoms with van der Waals surface area (Å²) in [4.78, 5) is 12.2. The van der Waals surface area contributed by atoms with Gasteiger partial charge in [0.25, 0.3) is 5.91 Å². The average molecular weight is 339 g/mol. The van der Waals surface area contributed by atoms with E-state index in [1.807, 2.05) is 6.92 Å². The maximum atomic E-state index is 12.2. The molecule has 0 radical (unpaired) electrons. The number of nitrogens with one attached hydrogen (secondary N) is 2. The Hall–Kier alpha value is -1.85. The van der Waals surface area contributed by atoms with E-state index in [0.29, 0.717) is 21.6 Å². The van der Waals surface area contributed by atoms with Crippen LogP contribution in [0.3, 0.4) is 0 Å². The Labute approximate surface area is 139 Å². The molecule has 116 valence electrons. The van der Waals surface area contributed by atoms with Crippen LogP contribution in [0.2, 0.25) is 10.0 Å². The highest BCUT2D eigenvalue weighted by Crippen LogP contribution is 2.30. The number of anilines is 2. The fraction of sp³-hybridized carbons (Fsp3) is 0.267. The highest BCUT2D eigenvalue weighted by molar-refractivity contribution is 6.39. The second-order valence-electron chi connectivity index (χ2n) is 4.81. The van der Waals surface area contributed by atoms with Gasteiger partial charge in [-0.3, -0.25) is 4.79 Å². The molecule has 0 aliphatic carbocycles. The van der Waals surface area contributed by atoms with Crippen LogP contribution < -0.4 is 10.6 Å². The van der Waals surface area contributed by atoms with E-state index in [0.717, 1.165) is 6.42 Å². The number of carbonyl (C=O) groups excluding carboxylic acids is 1. The molecular formula is C15H16Cl2N4O. The molecule has 7 heteroatoms. The van der Waals surface area contributed by atoms with Crippen molar-refractivity contribution < 1.29 is 4.79 Å². The minimum atomic E-state index is -0.419. The number of carbonyl (C=O) groups is 1. The van der Waals surface area contributed by atoms with Crippen molar-refractivity contribution in [1.82, 2.24) is 10.2 Å². The second kappa shape index (κ2) is 7.42. The van der Waals surface area contributed by atoms with Gasteiger partial charge in [0.05, 0.1) is 15.7 Å². The molecule has 1 unspecified atom stereocenters. The number of aromatic nitrogens is 2. The molecular weight excluding hydrogens is 323 g/mol. The molecule has 1 heterocycles. The molecule has 0 aliphatic rings. The van der Waals surface area contributed by atoms with E-state index in [-0.39, 0.29) is 11.7 Å². The molecule has 1 amide bonds. The SMILES string of the molecule is CCC(C)Nc1ccc(C(=O)Nc2c(Cl)cccc2Cl)nn1. The number of amides is 1. The van der Waals surface area contributed by atoms with Gasteiger partial charge >= 0.3 is 0 Å². The maximum Gasteiger partial charge on any atom is 0.276 e. The molecule has 0 aliphatic heterocycles. The summed E-state index contributed by atoms with van der Waals surface area (Å²) in [6, 6.07) is 8.59. The van der Waals surface area contributed by atoms with Crippen LogP contribution in [0.15, 0.2) is 30.3 Å². The van der Waals surface area contributed by atoms with Crippen LogP contribution in [0.25, 0.3) is 0 Å². The first kappa shape index (κ1) is 16.5. The summed E-state index contributed by atoms with van der Waals surface area (Å²) in [5.74, 6) is 0.208. The summed E-state index contributed by atoms with van der Waals surface area (Å²) in [7, 11) is 0. The number of rotatable bonds is 5. The predicted molar refractivity (Wildman–Crippen MR) is 89.8 cm³/mol. The van der Waals surface area contributed by atoms with E-state index >= 15 is 0 Å². The quantitative estimate of drug-likeness (QED) is 0.855. The van der Waals surface area contributed by atoms with Crippen molar-refractivity contribution in [2.24, 2.45) is 0 Å². The van der Waals surface area contributed by atoms with Crippen molar-refractivity contribution in [2.75, 3.05) is 10.6 Å². The fourth-order valence-electron chi connectivity index (χ4n) is 1.68. The minimum absolute atomic E-state index is 0.186. The van der Waals surface area contributed by atoms with Crippen molar-refractivity contribution >= 4 is 40.6 Å². The van der Waals surface area contributed by atoms with Gasteiger partial charge in [0.1, 0.15) is 5.82 Å². The molecule has 1 aromatic carbocycles. The van der Waals surface area contributed by atoms with Gasteiger partial charge in [0.2, 0.25) is 0 Å². The summed E-state index contributed by atoms with van der Waals surface area (Å²) in [5, 5.41) is 14.4. The molecule has 0 fully saturated rings. The lowest BCUT2D eigenvalue weighted by atomic mass is 10.2. The number of hydrogen-bond donors (Lipinski definition) is 2. The number of nitrogens with zero attached hydrogens (tertiary/aromatic N) is 2. The highest BCUT2D eigenvalue weighted by Gasteiger charge is 2.13. The molecule has 0 bridgehead atoms. The Morgan fingerprint density at radius 3 is 2.41 bits per heavy atom. The van der Waals surface area contributed by atoms with Gasteiger partial charge in [-0.05, 0) is 37.6 Å². The lowest BCUT2D eigenvalue weighted by molar-refractivity contribution is 0.102. The van der Waals surface area contributed by atoms with Gasteiger partial charge in [-0.2, -0.15) is 0 Å². The Morgan fingerprint density at radius 2 is 1.86 bits per heavy atom. The molecule has 2 aromatic rings. The zero-order valence-electron chi connectivity index (χ0n) is 12.2. The van der Waals surface area contributed by atoms with Crippen LogP contribution in [-0.4, -0.2) is 22.1 Å². The third-order valence-electron chi connectivity index (χ3n) is 3.11. The predicted octanol–water partition coefficient (Wildman–Crippen LogP) is 4.25. The normalized spacial score (nSPS) is 11.8. The van der Waals surface area contributed by atoms with Crippen molar-refractivity contribution in [3.05, 3.63) is 46.1 Å². The number of hydrogen-bond acceptors (Lipinski definition) is 4. The largest absolute Gasteiger partial charge is 0.366 e. The standard InChI is InChI=1S/C15H16Cl2N4O/c1-3-9(2)18-13-8-7-12(20-21-13)15(22)19-14-10(16)5-4-6-11(14)17/h4-9H,3H2,1-2H3,(H,18,21)(H,19,22). The second-order valence-corrected chi connectivity index (χ2v) is 5.62. The Bertz CT molecular complexity index is 641. The van der Waals surface area contributed by atoms with Gasteiger partial charge in [-0.25, -0.2) is 0 Å². The molecule has 1 atom stereocenters. The molecule has 2 N–H and O–H groups in total. The molecule has 0 saturated heterocycles. The van der Waals surface area contributed by atoms with Crippen LogP contribution in [-0.2, 0) is 0 Å². The Balaban J connectivity index is 2.10. The Morgan fingerprint density at radius 1 is 1.18 bits per heavy atom. The minimum Gasteiger partial charge on any atom is -0.366 e. The molecule has 5 nitrogen and oxygen atoms in total.